The fraction of sp³-hybridized carbons (Fsp3) is 0.136. The van der Waals surface area contributed by atoms with E-state index in [9.17, 15) is 14.0 Å². The zero-order valence-electron chi connectivity index (χ0n) is 15.6. The molecule has 148 valence electrons. The first-order valence-corrected chi connectivity index (χ1v) is 9.08. The van der Waals surface area contributed by atoms with E-state index in [0.717, 1.165) is 5.56 Å². The Morgan fingerprint density at radius 3 is 2.52 bits per heavy atom. The highest BCUT2D eigenvalue weighted by Gasteiger charge is 2.16. The Kier molecular flexibility index (Phi) is 6.89. The maximum Gasteiger partial charge on any atom is 0.342 e. The first-order valence-electron chi connectivity index (χ1n) is 9.08. The van der Waals surface area contributed by atoms with Gasteiger partial charge in [-0.3, -0.25) is 4.79 Å². The monoisotopic (exact) mass is 393 g/mol. The van der Waals surface area contributed by atoms with Crippen molar-refractivity contribution in [3.8, 4) is 0 Å². The molecule has 0 saturated heterocycles. The fourth-order valence-electron chi connectivity index (χ4n) is 2.61. The number of pyridine rings is 1. The Morgan fingerprint density at radius 2 is 1.72 bits per heavy atom. The Morgan fingerprint density at radius 1 is 0.966 bits per heavy atom. The highest BCUT2D eigenvalue weighted by atomic mass is 19.1. The van der Waals surface area contributed by atoms with Crippen molar-refractivity contribution in [2.75, 3.05) is 18.5 Å². The van der Waals surface area contributed by atoms with Crippen LogP contribution in [0.5, 0.6) is 0 Å². The van der Waals surface area contributed by atoms with Crippen LogP contribution in [0.2, 0.25) is 0 Å². The van der Waals surface area contributed by atoms with E-state index in [2.05, 4.69) is 15.6 Å². The topological polar surface area (TPSA) is 80.3 Å². The van der Waals surface area contributed by atoms with Gasteiger partial charge in [-0.15, -0.1) is 0 Å². The van der Waals surface area contributed by atoms with Crippen molar-refractivity contribution in [3.63, 3.8) is 0 Å². The van der Waals surface area contributed by atoms with E-state index >= 15 is 0 Å². The lowest BCUT2D eigenvalue weighted by molar-refractivity contribution is -0.124. The van der Waals surface area contributed by atoms with E-state index in [1.165, 1.54) is 24.4 Å². The molecule has 0 bridgehead atoms. The quantitative estimate of drug-likeness (QED) is 0.573. The molecule has 2 aromatic carbocycles. The summed E-state index contributed by atoms with van der Waals surface area (Å²) in [6, 6.07) is 18.8. The number of aromatic nitrogens is 1. The minimum atomic E-state index is -0.727. The summed E-state index contributed by atoms with van der Waals surface area (Å²) in [6.07, 6.45) is 2.15. The summed E-state index contributed by atoms with van der Waals surface area (Å²) in [5.74, 6) is -1.46. The van der Waals surface area contributed by atoms with Crippen molar-refractivity contribution in [1.82, 2.24) is 10.3 Å². The number of hydrogen-bond acceptors (Lipinski definition) is 5. The van der Waals surface area contributed by atoms with Crippen LogP contribution in [-0.4, -0.2) is 30.0 Å². The molecule has 0 unspecified atom stereocenters. The van der Waals surface area contributed by atoms with E-state index in [4.69, 9.17) is 4.74 Å². The summed E-state index contributed by atoms with van der Waals surface area (Å²) >= 11 is 0. The van der Waals surface area contributed by atoms with E-state index in [-0.39, 0.29) is 17.1 Å². The Bertz CT molecular complexity index is 980. The molecule has 0 fully saturated rings. The van der Waals surface area contributed by atoms with Crippen LogP contribution in [0, 0.1) is 5.82 Å². The van der Waals surface area contributed by atoms with Crippen LogP contribution < -0.4 is 10.6 Å². The Hall–Kier alpha value is -3.74. The average Bonchev–Trinajstić information content (AvgIpc) is 2.75. The summed E-state index contributed by atoms with van der Waals surface area (Å²) < 4.78 is 18.9. The highest BCUT2D eigenvalue weighted by Crippen LogP contribution is 2.21. The van der Waals surface area contributed by atoms with Crippen LogP contribution in [0.3, 0.4) is 0 Å². The average molecular weight is 393 g/mol. The van der Waals surface area contributed by atoms with Crippen LogP contribution in [-0.2, 0) is 16.0 Å². The van der Waals surface area contributed by atoms with Gasteiger partial charge in [0.2, 0.25) is 0 Å². The number of esters is 1. The standard InChI is InChI=1S/C22H20FN3O3/c23-18-10-4-5-11-19(18)26-21-17(9-6-13-25-21)22(28)29-15-20(27)24-14-12-16-7-2-1-3-8-16/h1-11,13H,12,14-15H2,(H,24,27)(H,25,26). The molecular weight excluding hydrogens is 373 g/mol. The summed E-state index contributed by atoms with van der Waals surface area (Å²) in [6.45, 7) is 0.0229. The maximum atomic E-state index is 13.8. The van der Waals surface area contributed by atoms with Crippen molar-refractivity contribution in [1.29, 1.82) is 0 Å². The van der Waals surface area contributed by atoms with E-state index in [1.54, 1.807) is 18.2 Å². The van der Waals surface area contributed by atoms with Gasteiger partial charge in [0, 0.05) is 12.7 Å². The van der Waals surface area contributed by atoms with Crippen LogP contribution >= 0.6 is 0 Å². The second-order valence-corrected chi connectivity index (χ2v) is 6.17. The van der Waals surface area contributed by atoms with Gasteiger partial charge in [-0.05, 0) is 36.2 Å². The first kappa shape index (κ1) is 20.0. The molecule has 0 radical (unpaired) electrons. The second kappa shape index (κ2) is 9.98. The molecule has 0 aliphatic rings. The van der Waals surface area contributed by atoms with Gasteiger partial charge in [0.05, 0.1) is 5.69 Å². The molecule has 3 aromatic rings. The third kappa shape index (κ3) is 5.87. The maximum absolute atomic E-state index is 13.8. The minimum Gasteiger partial charge on any atom is -0.452 e. The van der Waals surface area contributed by atoms with Crippen LogP contribution in [0.1, 0.15) is 15.9 Å². The third-order valence-corrected chi connectivity index (χ3v) is 4.07. The van der Waals surface area contributed by atoms with Crippen molar-refractivity contribution >= 4 is 23.4 Å². The first-order chi connectivity index (χ1) is 14.1. The predicted molar refractivity (Wildman–Crippen MR) is 107 cm³/mol. The minimum absolute atomic E-state index is 0.104. The van der Waals surface area contributed by atoms with Gasteiger partial charge >= 0.3 is 5.97 Å². The third-order valence-electron chi connectivity index (χ3n) is 4.07. The van der Waals surface area contributed by atoms with Crippen molar-refractivity contribution in [2.24, 2.45) is 0 Å². The Labute approximate surface area is 167 Å². The van der Waals surface area contributed by atoms with Gasteiger partial charge in [0.25, 0.3) is 5.91 Å². The van der Waals surface area contributed by atoms with Crippen molar-refractivity contribution < 1.29 is 18.7 Å². The lowest BCUT2D eigenvalue weighted by Crippen LogP contribution is -2.30. The van der Waals surface area contributed by atoms with Gasteiger partial charge in [-0.1, -0.05) is 42.5 Å². The number of para-hydroxylation sites is 1. The van der Waals surface area contributed by atoms with Crippen LogP contribution in [0.4, 0.5) is 15.9 Å². The molecule has 0 aliphatic heterocycles. The molecule has 1 heterocycles. The number of anilines is 2. The molecule has 7 heteroatoms. The number of carbonyl (C=O) groups excluding carboxylic acids is 2. The van der Waals surface area contributed by atoms with Gasteiger partial charge in [0.1, 0.15) is 17.2 Å². The molecule has 29 heavy (non-hydrogen) atoms. The number of rotatable bonds is 8. The van der Waals surface area contributed by atoms with Gasteiger partial charge in [-0.2, -0.15) is 0 Å². The zero-order chi connectivity index (χ0) is 20.5. The van der Waals surface area contributed by atoms with Gasteiger partial charge in [-0.25, -0.2) is 14.2 Å². The Balaban J connectivity index is 1.53. The van der Waals surface area contributed by atoms with Crippen LogP contribution in [0.15, 0.2) is 72.9 Å². The molecule has 1 amide bonds. The number of carbonyl (C=O) groups is 2. The summed E-state index contributed by atoms with van der Waals surface area (Å²) in [5, 5.41) is 5.48. The SMILES string of the molecule is O=C(COC(=O)c1cccnc1Nc1ccccc1F)NCCc1ccccc1. The van der Waals surface area contributed by atoms with Gasteiger partial charge in [0.15, 0.2) is 6.61 Å². The van der Waals surface area contributed by atoms with E-state index in [0.29, 0.717) is 13.0 Å². The second-order valence-electron chi connectivity index (χ2n) is 6.17. The number of benzene rings is 2. The van der Waals surface area contributed by atoms with Gasteiger partial charge < -0.3 is 15.4 Å². The predicted octanol–water partition coefficient (Wildman–Crippen LogP) is 3.48. The summed E-state index contributed by atoms with van der Waals surface area (Å²) in [5.41, 5.74) is 1.38. The lowest BCUT2D eigenvalue weighted by Gasteiger charge is -2.11. The highest BCUT2D eigenvalue weighted by molar-refractivity contribution is 5.96. The fourth-order valence-corrected chi connectivity index (χ4v) is 2.61. The normalized spacial score (nSPS) is 10.2. The summed E-state index contributed by atoms with van der Waals surface area (Å²) in [4.78, 5) is 28.4. The van der Waals surface area contributed by atoms with E-state index in [1.807, 2.05) is 30.3 Å². The summed E-state index contributed by atoms with van der Waals surface area (Å²) in [7, 11) is 0. The van der Waals surface area contributed by atoms with Crippen molar-refractivity contribution in [3.05, 3.63) is 89.9 Å². The molecular formula is C22H20FN3O3. The molecule has 3 rings (SSSR count). The molecule has 1 aromatic heterocycles. The number of hydrogen-bond donors (Lipinski definition) is 2. The number of amides is 1. The molecule has 6 nitrogen and oxygen atoms in total. The van der Waals surface area contributed by atoms with Crippen LogP contribution in [0.25, 0.3) is 0 Å². The number of ether oxygens (including phenoxy) is 1. The zero-order valence-corrected chi connectivity index (χ0v) is 15.6. The smallest absolute Gasteiger partial charge is 0.342 e. The number of nitrogens with one attached hydrogen (secondary N) is 2. The molecule has 2 N–H and O–H groups in total. The number of halogens is 1. The molecule has 0 aliphatic carbocycles. The lowest BCUT2D eigenvalue weighted by atomic mass is 10.1. The molecule has 0 spiro atoms. The van der Waals surface area contributed by atoms with Crippen molar-refractivity contribution in [2.45, 2.75) is 6.42 Å². The largest absolute Gasteiger partial charge is 0.452 e. The molecule has 0 saturated carbocycles. The number of nitrogens with zero attached hydrogens (tertiary/aromatic N) is 1. The molecule has 0 atom stereocenters. The van der Waals surface area contributed by atoms with E-state index < -0.39 is 24.3 Å².